The van der Waals surface area contributed by atoms with Crippen LogP contribution in [0.3, 0.4) is 0 Å². The van der Waals surface area contributed by atoms with E-state index in [2.05, 4.69) is 57.6 Å². The van der Waals surface area contributed by atoms with E-state index in [1.54, 1.807) is 6.20 Å². The summed E-state index contributed by atoms with van der Waals surface area (Å²) in [6.07, 6.45) is 1.80. The minimum atomic E-state index is 0.695. The lowest BCUT2D eigenvalue weighted by molar-refractivity contribution is 1.06. The topological polar surface area (TPSA) is 62.7 Å². The van der Waals surface area contributed by atoms with E-state index in [1.165, 1.54) is 11.1 Å². The molecule has 0 saturated carbocycles. The van der Waals surface area contributed by atoms with Crippen molar-refractivity contribution in [1.29, 1.82) is 0 Å². The standard InChI is InChI=1S/C22H21N5/c1-14-9-10-15(2)19(12-14)27-21-13-20(24-16(3)25-21)26-18-8-4-6-17-7-5-11-23-22(17)18/h4-13H,1-3H3,(H2,24,25,26,27). The first-order valence-corrected chi connectivity index (χ1v) is 8.89. The zero-order valence-electron chi connectivity index (χ0n) is 15.6. The van der Waals surface area contributed by atoms with Crippen LogP contribution in [0.5, 0.6) is 0 Å². The minimum Gasteiger partial charge on any atom is -0.340 e. The van der Waals surface area contributed by atoms with Gasteiger partial charge in [0.15, 0.2) is 0 Å². The smallest absolute Gasteiger partial charge is 0.136 e. The summed E-state index contributed by atoms with van der Waals surface area (Å²) in [5.74, 6) is 2.18. The van der Waals surface area contributed by atoms with Gasteiger partial charge in [-0.25, -0.2) is 9.97 Å². The molecule has 4 aromatic rings. The van der Waals surface area contributed by atoms with Crippen molar-refractivity contribution in [1.82, 2.24) is 15.0 Å². The van der Waals surface area contributed by atoms with Gasteiger partial charge in [-0.1, -0.05) is 30.3 Å². The highest BCUT2D eigenvalue weighted by Gasteiger charge is 2.07. The molecule has 2 aromatic carbocycles. The molecule has 0 unspecified atom stereocenters. The van der Waals surface area contributed by atoms with Gasteiger partial charge < -0.3 is 10.6 Å². The molecule has 0 bridgehead atoms. The number of nitrogens with zero attached hydrogens (tertiary/aromatic N) is 3. The molecule has 5 nitrogen and oxygen atoms in total. The molecule has 27 heavy (non-hydrogen) atoms. The first-order valence-electron chi connectivity index (χ1n) is 8.89. The Morgan fingerprint density at radius 2 is 1.48 bits per heavy atom. The summed E-state index contributed by atoms with van der Waals surface area (Å²) in [5, 5.41) is 7.88. The second kappa shape index (κ2) is 7.03. The third kappa shape index (κ3) is 3.72. The Kier molecular flexibility index (Phi) is 4.42. The van der Waals surface area contributed by atoms with Crippen LogP contribution in [0.4, 0.5) is 23.0 Å². The molecule has 4 rings (SSSR count). The number of fused-ring (bicyclic) bond motifs is 1. The minimum absolute atomic E-state index is 0.695. The Morgan fingerprint density at radius 3 is 2.30 bits per heavy atom. The molecular weight excluding hydrogens is 334 g/mol. The average Bonchev–Trinajstić information content (AvgIpc) is 2.65. The number of aryl methyl sites for hydroxylation is 3. The monoisotopic (exact) mass is 355 g/mol. The van der Waals surface area contributed by atoms with E-state index in [4.69, 9.17) is 0 Å². The lowest BCUT2D eigenvalue weighted by atomic mass is 10.1. The fourth-order valence-electron chi connectivity index (χ4n) is 3.05. The van der Waals surface area contributed by atoms with Crippen molar-refractivity contribution in [3.05, 3.63) is 77.7 Å². The molecule has 2 aromatic heterocycles. The molecule has 0 aliphatic rings. The van der Waals surface area contributed by atoms with E-state index in [0.29, 0.717) is 5.82 Å². The molecule has 0 aliphatic carbocycles. The van der Waals surface area contributed by atoms with Crippen molar-refractivity contribution in [2.45, 2.75) is 20.8 Å². The fourth-order valence-corrected chi connectivity index (χ4v) is 3.05. The lowest BCUT2D eigenvalue weighted by Crippen LogP contribution is -2.03. The van der Waals surface area contributed by atoms with E-state index >= 15 is 0 Å². The van der Waals surface area contributed by atoms with Crippen LogP contribution in [-0.2, 0) is 0 Å². The van der Waals surface area contributed by atoms with Gasteiger partial charge >= 0.3 is 0 Å². The van der Waals surface area contributed by atoms with Gasteiger partial charge in [-0.15, -0.1) is 0 Å². The van der Waals surface area contributed by atoms with Gasteiger partial charge in [0.2, 0.25) is 0 Å². The molecule has 0 radical (unpaired) electrons. The largest absolute Gasteiger partial charge is 0.340 e. The quantitative estimate of drug-likeness (QED) is 0.510. The molecule has 5 heteroatoms. The van der Waals surface area contributed by atoms with Crippen molar-refractivity contribution < 1.29 is 0 Å². The maximum atomic E-state index is 4.53. The molecule has 0 atom stereocenters. The van der Waals surface area contributed by atoms with Gasteiger partial charge in [0.05, 0.1) is 11.2 Å². The number of hydrogen-bond donors (Lipinski definition) is 2. The van der Waals surface area contributed by atoms with E-state index < -0.39 is 0 Å². The number of anilines is 4. The van der Waals surface area contributed by atoms with Crippen LogP contribution in [0.15, 0.2) is 60.8 Å². The zero-order chi connectivity index (χ0) is 18.8. The van der Waals surface area contributed by atoms with Crippen LogP contribution in [0.1, 0.15) is 17.0 Å². The number of nitrogens with one attached hydrogen (secondary N) is 2. The number of aromatic nitrogens is 3. The maximum absolute atomic E-state index is 4.53. The van der Waals surface area contributed by atoms with Gasteiger partial charge in [-0.05, 0) is 50.1 Å². The van der Waals surface area contributed by atoms with E-state index in [-0.39, 0.29) is 0 Å². The maximum Gasteiger partial charge on any atom is 0.136 e. The fraction of sp³-hybridized carbons (Fsp3) is 0.136. The highest BCUT2D eigenvalue weighted by Crippen LogP contribution is 2.26. The summed E-state index contributed by atoms with van der Waals surface area (Å²) in [6, 6.07) is 18.3. The summed E-state index contributed by atoms with van der Waals surface area (Å²) in [7, 11) is 0. The molecule has 2 heterocycles. The summed E-state index contributed by atoms with van der Waals surface area (Å²) in [6.45, 7) is 6.05. The second-order valence-electron chi connectivity index (χ2n) is 6.63. The molecule has 134 valence electrons. The second-order valence-corrected chi connectivity index (χ2v) is 6.63. The number of para-hydroxylation sites is 1. The number of hydrogen-bond acceptors (Lipinski definition) is 5. The van der Waals surface area contributed by atoms with Crippen LogP contribution in [0.25, 0.3) is 10.9 Å². The average molecular weight is 355 g/mol. The highest BCUT2D eigenvalue weighted by molar-refractivity contribution is 5.91. The van der Waals surface area contributed by atoms with Crippen LogP contribution < -0.4 is 10.6 Å². The number of benzene rings is 2. The number of pyridine rings is 1. The predicted molar refractivity (Wildman–Crippen MR) is 111 cm³/mol. The van der Waals surface area contributed by atoms with Crippen molar-refractivity contribution >= 4 is 33.9 Å². The van der Waals surface area contributed by atoms with Crippen molar-refractivity contribution in [2.24, 2.45) is 0 Å². The Labute approximate surface area is 158 Å². The summed E-state index contributed by atoms with van der Waals surface area (Å²) >= 11 is 0. The third-order valence-electron chi connectivity index (χ3n) is 4.39. The Hall–Kier alpha value is -3.47. The van der Waals surface area contributed by atoms with Crippen LogP contribution >= 0.6 is 0 Å². The zero-order valence-corrected chi connectivity index (χ0v) is 15.6. The van der Waals surface area contributed by atoms with Gasteiger partial charge in [-0.3, -0.25) is 4.98 Å². The van der Waals surface area contributed by atoms with E-state index in [9.17, 15) is 0 Å². The Bertz CT molecular complexity index is 1120. The molecule has 0 aliphatic heterocycles. The van der Waals surface area contributed by atoms with Crippen molar-refractivity contribution in [3.8, 4) is 0 Å². The van der Waals surface area contributed by atoms with E-state index in [0.717, 1.165) is 33.9 Å². The summed E-state index contributed by atoms with van der Waals surface area (Å²) in [4.78, 5) is 13.5. The van der Waals surface area contributed by atoms with Crippen molar-refractivity contribution in [3.63, 3.8) is 0 Å². The SMILES string of the molecule is Cc1ccc(C)c(Nc2cc(Nc3cccc4cccnc34)nc(C)n2)c1. The van der Waals surface area contributed by atoms with Crippen LogP contribution in [-0.4, -0.2) is 15.0 Å². The number of rotatable bonds is 4. The summed E-state index contributed by atoms with van der Waals surface area (Å²) < 4.78 is 0. The van der Waals surface area contributed by atoms with Gasteiger partial charge in [0.25, 0.3) is 0 Å². The summed E-state index contributed by atoms with van der Waals surface area (Å²) in [5.41, 5.74) is 5.26. The molecule has 0 saturated heterocycles. The molecule has 2 N–H and O–H groups in total. The highest BCUT2D eigenvalue weighted by atomic mass is 15.1. The van der Waals surface area contributed by atoms with Crippen LogP contribution in [0, 0.1) is 20.8 Å². The predicted octanol–water partition coefficient (Wildman–Crippen LogP) is 5.44. The lowest BCUT2D eigenvalue weighted by Gasteiger charge is -2.13. The first-order chi connectivity index (χ1) is 13.1. The van der Waals surface area contributed by atoms with Crippen LogP contribution in [0.2, 0.25) is 0 Å². The molecule has 0 spiro atoms. The van der Waals surface area contributed by atoms with Gasteiger partial charge in [0.1, 0.15) is 17.5 Å². The molecule has 0 fully saturated rings. The van der Waals surface area contributed by atoms with Gasteiger partial charge in [-0.2, -0.15) is 0 Å². The molecular formula is C22H21N5. The Balaban J connectivity index is 1.67. The van der Waals surface area contributed by atoms with Crippen molar-refractivity contribution in [2.75, 3.05) is 10.6 Å². The van der Waals surface area contributed by atoms with Gasteiger partial charge in [0, 0.05) is 23.3 Å². The normalized spacial score (nSPS) is 10.8. The van der Waals surface area contributed by atoms with E-state index in [1.807, 2.05) is 43.3 Å². The molecule has 0 amide bonds. The first kappa shape index (κ1) is 17.0. The Morgan fingerprint density at radius 1 is 0.741 bits per heavy atom. The third-order valence-corrected chi connectivity index (χ3v) is 4.39.